The molecule has 2 unspecified atom stereocenters. The molecule has 6 rings (SSSR count). The smallest absolute Gasteiger partial charge is 0.159 e. The van der Waals surface area contributed by atoms with E-state index in [0.717, 1.165) is 38.0 Å². The molecular weight excluding hydrogens is 432 g/mol. The fraction of sp³-hybridized carbons (Fsp3) is 0.806. The molecule has 0 spiro atoms. The minimum Gasteiger partial charge on any atom is -0.361 e. The third-order valence-electron chi connectivity index (χ3n) is 12.9. The molecule has 0 aliphatic heterocycles. The third-order valence-corrected chi connectivity index (χ3v) is 12.9. The highest BCUT2D eigenvalue weighted by Crippen LogP contribution is 2.74. The summed E-state index contributed by atoms with van der Waals surface area (Å²) in [7, 11) is 0. The Labute approximate surface area is 211 Å². The predicted molar refractivity (Wildman–Crippen MR) is 139 cm³/mol. The van der Waals surface area contributed by atoms with Gasteiger partial charge in [0.25, 0.3) is 0 Å². The van der Waals surface area contributed by atoms with Crippen LogP contribution in [0.3, 0.4) is 0 Å². The van der Waals surface area contributed by atoms with Crippen molar-refractivity contribution in [3.8, 4) is 0 Å². The molecule has 3 fully saturated rings. The third kappa shape index (κ3) is 2.79. The minimum absolute atomic E-state index is 0.0159. The fourth-order valence-electron chi connectivity index (χ4n) is 10.8. The molecule has 1 aromatic heterocycles. The molecule has 5 aliphatic carbocycles. The summed E-state index contributed by atoms with van der Waals surface area (Å²) in [5.41, 5.74) is 9.52. The van der Waals surface area contributed by atoms with Crippen LogP contribution in [0.4, 0.5) is 0 Å². The van der Waals surface area contributed by atoms with Gasteiger partial charge in [0.15, 0.2) is 5.78 Å². The van der Waals surface area contributed by atoms with Crippen LogP contribution < -0.4 is 5.73 Å². The summed E-state index contributed by atoms with van der Waals surface area (Å²) in [6, 6.07) is 0. The van der Waals surface area contributed by atoms with E-state index in [9.17, 15) is 4.79 Å². The van der Waals surface area contributed by atoms with E-state index in [-0.39, 0.29) is 38.4 Å². The lowest BCUT2D eigenvalue weighted by Gasteiger charge is -2.69. The number of rotatable bonds is 1. The zero-order valence-electron chi connectivity index (χ0n) is 23.1. The van der Waals surface area contributed by atoms with Gasteiger partial charge in [0, 0.05) is 16.9 Å². The molecule has 3 saturated carbocycles. The van der Waals surface area contributed by atoms with Crippen molar-refractivity contribution in [3.05, 3.63) is 29.2 Å². The Bertz CT molecular complexity index is 1110. The molecule has 4 nitrogen and oxygen atoms in total. The SMILES string of the molecule is CC1(C)CC[C@]2(CN)CC[C@]3(C)[C@H](C(=O)C=C4[C@@]5(C)Cc6cnoc6C(C)(C)C5CC[C@]43C)C2C1. The predicted octanol–water partition coefficient (Wildman–Crippen LogP) is 6.63. The lowest BCUT2D eigenvalue weighted by molar-refractivity contribution is -0.170. The highest BCUT2D eigenvalue weighted by atomic mass is 16.5. The Kier molecular flexibility index (Phi) is 4.73. The second kappa shape index (κ2) is 6.91. The van der Waals surface area contributed by atoms with Crippen molar-refractivity contribution in [1.29, 1.82) is 0 Å². The van der Waals surface area contributed by atoms with Crippen molar-refractivity contribution in [2.75, 3.05) is 6.54 Å². The lowest BCUT2D eigenvalue weighted by Crippen LogP contribution is -2.65. The molecule has 0 aromatic carbocycles. The minimum atomic E-state index is -0.0868. The molecular formula is C31H46N2O2. The number of fused-ring (bicyclic) bond motifs is 8. The van der Waals surface area contributed by atoms with Crippen molar-refractivity contribution < 1.29 is 9.32 Å². The normalized spacial score (nSPS) is 47.5. The van der Waals surface area contributed by atoms with Gasteiger partial charge in [-0.2, -0.15) is 0 Å². The first kappa shape index (κ1) is 23.9. The second-order valence-electron chi connectivity index (χ2n) is 15.3. The maximum absolute atomic E-state index is 14.4. The van der Waals surface area contributed by atoms with Crippen LogP contribution in [0.15, 0.2) is 22.4 Å². The van der Waals surface area contributed by atoms with Crippen LogP contribution in [-0.2, 0) is 16.6 Å². The van der Waals surface area contributed by atoms with Gasteiger partial charge in [-0.05, 0) is 103 Å². The maximum atomic E-state index is 14.4. The number of nitrogens with zero attached hydrogens (tertiary/aromatic N) is 1. The average molecular weight is 479 g/mol. The van der Waals surface area contributed by atoms with Crippen molar-refractivity contribution in [2.24, 2.45) is 50.6 Å². The standard InChI is InChI=1S/C31H46N2O2/c1-26(2)10-12-31(18-32)13-11-30(7)24(20(31)16-26)21(34)14-23-28(5)15-19-17-33-35-25(19)27(3,4)22(28)8-9-29(23,30)6/h14,17,20,22,24H,8-13,15-16,18,32H2,1-7H3/t20?,22?,24-,28-,29+,30+,31+/m0/s1. The molecule has 0 amide bonds. The van der Waals surface area contributed by atoms with E-state index in [1.54, 1.807) is 0 Å². The summed E-state index contributed by atoms with van der Waals surface area (Å²) < 4.78 is 5.81. The number of nitrogens with two attached hydrogens (primary N) is 1. The van der Waals surface area contributed by atoms with Crippen LogP contribution in [0.25, 0.3) is 0 Å². The summed E-state index contributed by atoms with van der Waals surface area (Å²) in [4.78, 5) is 14.4. The largest absolute Gasteiger partial charge is 0.361 e. The van der Waals surface area contributed by atoms with Gasteiger partial charge in [0.2, 0.25) is 0 Å². The first-order valence-electron chi connectivity index (χ1n) is 14.1. The molecule has 0 bridgehead atoms. The van der Waals surface area contributed by atoms with E-state index in [2.05, 4.69) is 59.7 Å². The maximum Gasteiger partial charge on any atom is 0.159 e. The van der Waals surface area contributed by atoms with Crippen LogP contribution >= 0.6 is 0 Å². The number of ketones is 1. The molecule has 0 radical (unpaired) electrons. The Morgan fingerprint density at radius 3 is 2.46 bits per heavy atom. The van der Waals surface area contributed by atoms with Gasteiger partial charge in [0.05, 0.1) is 6.20 Å². The van der Waals surface area contributed by atoms with E-state index >= 15 is 0 Å². The Morgan fingerprint density at radius 2 is 1.74 bits per heavy atom. The molecule has 192 valence electrons. The van der Waals surface area contributed by atoms with Crippen LogP contribution in [0.1, 0.15) is 105 Å². The molecule has 5 aliphatic rings. The zero-order valence-corrected chi connectivity index (χ0v) is 23.1. The van der Waals surface area contributed by atoms with Gasteiger partial charge in [0.1, 0.15) is 5.76 Å². The topological polar surface area (TPSA) is 69.1 Å². The Hall–Kier alpha value is -1.42. The monoisotopic (exact) mass is 478 g/mol. The number of hydrogen-bond acceptors (Lipinski definition) is 4. The van der Waals surface area contributed by atoms with Crippen molar-refractivity contribution in [3.63, 3.8) is 0 Å². The molecule has 4 heteroatoms. The van der Waals surface area contributed by atoms with E-state index in [0.29, 0.717) is 17.6 Å². The molecule has 35 heavy (non-hydrogen) atoms. The fourth-order valence-corrected chi connectivity index (χ4v) is 10.8. The van der Waals surface area contributed by atoms with Crippen LogP contribution in [0.5, 0.6) is 0 Å². The first-order valence-corrected chi connectivity index (χ1v) is 14.1. The average Bonchev–Trinajstić information content (AvgIpc) is 3.24. The zero-order chi connectivity index (χ0) is 25.2. The number of carbonyl (C=O) groups excluding carboxylic acids is 1. The highest BCUT2D eigenvalue weighted by molar-refractivity contribution is 5.95. The number of carbonyl (C=O) groups is 1. The van der Waals surface area contributed by atoms with Crippen LogP contribution in [0, 0.1) is 44.8 Å². The highest BCUT2D eigenvalue weighted by Gasteiger charge is 2.69. The summed E-state index contributed by atoms with van der Waals surface area (Å²) in [6.45, 7) is 17.7. The Balaban J connectivity index is 1.50. The van der Waals surface area contributed by atoms with E-state index in [1.807, 2.05) is 6.20 Å². The van der Waals surface area contributed by atoms with Gasteiger partial charge in [-0.1, -0.05) is 59.2 Å². The number of allylic oxidation sites excluding steroid dienone is 2. The van der Waals surface area contributed by atoms with Gasteiger partial charge in [-0.15, -0.1) is 0 Å². The molecule has 1 heterocycles. The van der Waals surface area contributed by atoms with Crippen molar-refractivity contribution in [1.82, 2.24) is 5.16 Å². The summed E-state index contributed by atoms with van der Waals surface area (Å²) in [5, 5.41) is 4.21. The molecule has 0 saturated heterocycles. The molecule has 7 atom stereocenters. The molecule has 1 aromatic rings. The van der Waals surface area contributed by atoms with Crippen molar-refractivity contribution in [2.45, 2.75) is 105 Å². The summed E-state index contributed by atoms with van der Waals surface area (Å²) >= 11 is 0. The Morgan fingerprint density at radius 1 is 1.03 bits per heavy atom. The summed E-state index contributed by atoms with van der Waals surface area (Å²) in [5.74, 6) is 2.40. The first-order chi connectivity index (χ1) is 16.2. The summed E-state index contributed by atoms with van der Waals surface area (Å²) in [6.07, 6.45) is 13.2. The van der Waals surface area contributed by atoms with Gasteiger partial charge >= 0.3 is 0 Å². The number of hydrogen-bond donors (Lipinski definition) is 1. The van der Waals surface area contributed by atoms with E-state index in [4.69, 9.17) is 10.3 Å². The lowest BCUT2D eigenvalue weighted by atomic mass is 9.34. The van der Waals surface area contributed by atoms with E-state index in [1.165, 1.54) is 36.8 Å². The van der Waals surface area contributed by atoms with E-state index < -0.39 is 0 Å². The van der Waals surface area contributed by atoms with Gasteiger partial charge in [-0.25, -0.2) is 0 Å². The van der Waals surface area contributed by atoms with Crippen LogP contribution in [0.2, 0.25) is 0 Å². The quantitative estimate of drug-likeness (QED) is 0.492. The van der Waals surface area contributed by atoms with Crippen molar-refractivity contribution >= 4 is 5.78 Å². The van der Waals surface area contributed by atoms with Gasteiger partial charge in [-0.3, -0.25) is 4.79 Å². The van der Waals surface area contributed by atoms with Gasteiger partial charge < -0.3 is 10.3 Å². The molecule has 2 N–H and O–H groups in total. The second-order valence-corrected chi connectivity index (χ2v) is 15.3. The van der Waals surface area contributed by atoms with Crippen LogP contribution in [-0.4, -0.2) is 17.5 Å². The number of aromatic nitrogens is 1.